The molecule has 1 atom stereocenters. The van der Waals surface area contributed by atoms with Gasteiger partial charge in [0.25, 0.3) is 0 Å². The van der Waals surface area contributed by atoms with Gasteiger partial charge in [0, 0.05) is 16.6 Å². The maximum Gasteiger partial charge on any atom is 0.225 e. The van der Waals surface area contributed by atoms with E-state index in [-0.39, 0.29) is 11.9 Å². The van der Waals surface area contributed by atoms with E-state index in [0.717, 1.165) is 20.9 Å². The molecule has 96 valence electrons. The molecule has 0 aliphatic carbocycles. The fraction of sp³-hybridized carbons (Fsp3) is 0.667. The van der Waals surface area contributed by atoms with Crippen molar-refractivity contribution in [2.75, 3.05) is 0 Å². The number of thiazole rings is 1. The second-order valence-corrected chi connectivity index (χ2v) is 6.61. The van der Waals surface area contributed by atoms with Gasteiger partial charge in [-0.15, -0.1) is 11.3 Å². The van der Waals surface area contributed by atoms with Crippen LogP contribution >= 0.6 is 23.6 Å². The Morgan fingerprint density at radius 2 is 2.12 bits per heavy atom. The Hall–Kier alpha value is -0.680. The quantitative estimate of drug-likeness (QED) is 0.808. The average Bonchev–Trinajstić information content (AvgIpc) is 2.42. The van der Waals surface area contributed by atoms with E-state index in [0.29, 0.717) is 12.3 Å². The summed E-state index contributed by atoms with van der Waals surface area (Å²) in [6.07, 6.45) is 1.43. The van der Waals surface area contributed by atoms with E-state index in [2.05, 4.69) is 24.1 Å². The van der Waals surface area contributed by atoms with Gasteiger partial charge in [0.1, 0.15) is 0 Å². The van der Waals surface area contributed by atoms with E-state index < -0.39 is 0 Å². The Bertz CT molecular complexity index is 434. The second kappa shape index (κ2) is 6.31. The smallest absolute Gasteiger partial charge is 0.225 e. The summed E-state index contributed by atoms with van der Waals surface area (Å²) in [4.78, 5) is 15.9. The van der Waals surface area contributed by atoms with Crippen molar-refractivity contribution >= 4 is 29.5 Å². The van der Waals surface area contributed by atoms with Crippen molar-refractivity contribution in [3.8, 4) is 0 Å². The molecule has 5 heteroatoms. The van der Waals surface area contributed by atoms with Crippen LogP contribution in [-0.2, 0) is 11.2 Å². The van der Waals surface area contributed by atoms with Gasteiger partial charge >= 0.3 is 0 Å². The molecule has 0 spiro atoms. The Labute approximate surface area is 112 Å². The molecule has 1 heterocycles. The first-order chi connectivity index (χ1) is 7.88. The lowest BCUT2D eigenvalue weighted by Crippen LogP contribution is -2.34. The Kier molecular flexibility index (Phi) is 5.33. The van der Waals surface area contributed by atoms with E-state index >= 15 is 0 Å². The molecule has 0 saturated carbocycles. The molecule has 1 aromatic rings. The minimum absolute atomic E-state index is 0.0755. The number of aryl methyl sites for hydroxylation is 1. The first kappa shape index (κ1) is 14.4. The summed E-state index contributed by atoms with van der Waals surface area (Å²) in [5.41, 5.74) is 1.01. The first-order valence-corrected chi connectivity index (χ1v) is 7.09. The number of rotatable bonds is 5. The van der Waals surface area contributed by atoms with Crippen molar-refractivity contribution in [2.24, 2.45) is 5.92 Å². The molecule has 0 aliphatic rings. The summed E-state index contributed by atoms with van der Waals surface area (Å²) in [6.45, 7) is 8.31. The van der Waals surface area contributed by atoms with E-state index in [1.807, 2.05) is 13.8 Å². The SMILES string of the molecule is Cc1[nH]c(=S)sc1CC(=O)NC(C)CC(C)C. The maximum atomic E-state index is 11.8. The molecule has 0 fully saturated rings. The second-order valence-electron chi connectivity index (χ2n) is 4.84. The van der Waals surface area contributed by atoms with E-state index in [9.17, 15) is 4.79 Å². The molecule has 1 amide bonds. The molecule has 1 aromatic heterocycles. The number of carbonyl (C=O) groups excluding carboxylic acids is 1. The number of hydrogen-bond acceptors (Lipinski definition) is 3. The van der Waals surface area contributed by atoms with Gasteiger partial charge in [0.05, 0.1) is 6.42 Å². The van der Waals surface area contributed by atoms with Gasteiger partial charge < -0.3 is 10.3 Å². The summed E-state index contributed by atoms with van der Waals surface area (Å²) in [5, 5.41) is 3.02. The molecule has 0 radical (unpaired) electrons. The number of hydrogen-bond donors (Lipinski definition) is 2. The van der Waals surface area contributed by atoms with Crippen LogP contribution in [0.4, 0.5) is 0 Å². The Morgan fingerprint density at radius 1 is 1.47 bits per heavy atom. The van der Waals surface area contributed by atoms with Gasteiger partial charge in [0.15, 0.2) is 3.95 Å². The topological polar surface area (TPSA) is 44.9 Å². The van der Waals surface area contributed by atoms with Crippen LogP contribution in [0.2, 0.25) is 0 Å². The van der Waals surface area contributed by atoms with Crippen molar-refractivity contribution in [3.05, 3.63) is 14.5 Å². The average molecular weight is 272 g/mol. The van der Waals surface area contributed by atoms with Crippen LogP contribution in [0.25, 0.3) is 0 Å². The third-order valence-electron chi connectivity index (χ3n) is 2.48. The zero-order chi connectivity index (χ0) is 13.0. The number of nitrogens with one attached hydrogen (secondary N) is 2. The van der Waals surface area contributed by atoms with Gasteiger partial charge in [-0.25, -0.2) is 0 Å². The number of aromatic amines is 1. The lowest BCUT2D eigenvalue weighted by Gasteiger charge is -2.15. The van der Waals surface area contributed by atoms with Crippen LogP contribution in [0.5, 0.6) is 0 Å². The highest BCUT2D eigenvalue weighted by atomic mass is 32.1. The van der Waals surface area contributed by atoms with Crippen molar-refractivity contribution in [3.63, 3.8) is 0 Å². The molecule has 0 aromatic carbocycles. The monoisotopic (exact) mass is 272 g/mol. The third kappa shape index (κ3) is 5.00. The largest absolute Gasteiger partial charge is 0.353 e. The Morgan fingerprint density at radius 3 is 2.59 bits per heavy atom. The summed E-state index contributed by atoms with van der Waals surface area (Å²) >= 11 is 6.53. The molecule has 3 nitrogen and oxygen atoms in total. The highest BCUT2D eigenvalue weighted by Gasteiger charge is 2.12. The molecule has 0 bridgehead atoms. The van der Waals surface area contributed by atoms with Crippen molar-refractivity contribution in [1.29, 1.82) is 0 Å². The van der Waals surface area contributed by atoms with Crippen LogP contribution < -0.4 is 5.32 Å². The first-order valence-electron chi connectivity index (χ1n) is 5.86. The molecule has 17 heavy (non-hydrogen) atoms. The van der Waals surface area contributed by atoms with Crippen LogP contribution in [0.3, 0.4) is 0 Å². The number of carbonyl (C=O) groups is 1. The van der Waals surface area contributed by atoms with Crippen molar-refractivity contribution in [2.45, 2.75) is 46.6 Å². The highest BCUT2D eigenvalue weighted by Crippen LogP contribution is 2.15. The van der Waals surface area contributed by atoms with Gasteiger partial charge in [-0.1, -0.05) is 13.8 Å². The molecular weight excluding hydrogens is 252 g/mol. The lowest BCUT2D eigenvalue weighted by molar-refractivity contribution is -0.121. The van der Waals surface area contributed by atoms with Crippen LogP contribution in [-0.4, -0.2) is 16.9 Å². The molecule has 2 N–H and O–H groups in total. The minimum Gasteiger partial charge on any atom is -0.353 e. The summed E-state index contributed by atoms with van der Waals surface area (Å²) in [7, 11) is 0. The van der Waals surface area contributed by atoms with Gasteiger partial charge in [-0.3, -0.25) is 4.79 Å². The van der Waals surface area contributed by atoms with E-state index in [4.69, 9.17) is 12.2 Å². The molecular formula is C12H20N2OS2. The maximum absolute atomic E-state index is 11.8. The minimum atomic E-state index is 0.0755. The number of amides is 1. The molecule has 1 unspecified atom stereocenters. The zero-order valence-electron chi connectivity index (χ0n) is 10.8. The standard InChI is InChI=1S/C12H20N2OS2/c1-7(2)5-8(3)13-11(15)6-10-9(4)14-12(16)17-10/h7-8H,5-6H2,1-4H3,(H,13,15)(H,14,16). The normalized spacial score (nSPS) is 12.8. The third-order valence-corrected chi connectivity index (χ3v) is 3.81. The van der Waals surface area contributed by atoms with Gasteiger partial charge in [-0.2, -0.15) is 0 Å². The Balaban J connectivity index is 2.50. The number of aromatic nitrogens is 1. The van der Waals surface area contributed by atoms with Crippen molar-refractivity contribution < 1.29 is 4.79 Å². The predicted molar refractivity (Wildman–Crippen MR) is 75.0 cm³/mol. The fourth-order valence-electron chi connectivity index (χ4n) is 1.84. The molecule has 0 saturated heterocycles. The van der Waals surface area contributed by atoms with Crippen LogP contribution in [0, 0.1) is 16.8 Å². The highest BCUT2D eigenvalue weighted by molar-refractivity contribution is 7.73. The van der Waals surface area contributed by atoms with Crippen molar-refractivity contribution in [1.82, 2.24) is 10.3 Å². The summed E-state index contributed by atoms with van der Waals surface area (Å²) in [6, 6.07) is 0.231. The molecule has 0 aliphatic heterocycles. The molecule has 1 rings (SSSR count). The lowest BCUT2D eigenvalue weighted by atomic mass is 10.1. The zero-order valence-corrected chi connectivity index (χ0v) is 12.4. The van der Waals surface area contributed by atoms with Crippen LogP contribution in [0.1, 0.15) is 37.8 Å². The fourth-order valence-corrected chi connectivity index (χ4v) is 3.13. The van der Waals surface area contributed by atoms with Gasteiger partial charge in [-0.05, 0) is 38.4 Å². The summed E-state index contributed by atoms with van der Waals surface area (Å²) in [5.74, 6) is 0.674. The van der Waals surface area contributed by atoms with Crippen LogP contribution in [0.15, 0.2) is 0 Å². The van der Waals surface area contributed by atoms with E-state index in [1.165, 1.54) is 11.3 Å². The summed E-state index contributed by atoms with van der Waals surface area (Å²) < 4.78 is 0.737. The van der Waals surface area contributed by atoms with Gasteiger partial charge in [0.2, 0.25) is 5.91 Å². The predicted octanol–water partition coefficient (Wildman–Crippen LogP) is 3.21. The number of H-pyrrole nitrogens is 1. The van der Waals surface area contributed by atoms with E-state index in [1.54, 1.807) is 0 Å².